The van der Waals surface area contributed by atoms with E-state index in [9.17, 15) is 0 Å². The molecule has 0 bridgehead atoms. The number of piperidine rings is 1. The van der Waals surface area contributed by atoms with Crippen molar-refractivity contribution in [1.29, 1.82) is 0 Å². The Morgan fingerprint density at radius 2 is 1.95 bits per heavy atom. The summed E-state index contributed by atoms with van der Waals surface area (Å²) in [5.41, 5.74) is 12.4. The predicted molar refractivity (Wildman–Crippen MR) is 84.4 cm³/mol. The molecule has 0 radical (unpaired) electrons. The zero-order valence-corrected chi connectivity index (χ0v) is 12.1. The van der Waals surface area contributed by atoms with Crippen LogP contribution in [0.5, 0.6) is 0 Å². The molecule has 0 saturated carbocycles. The number of aromatic nitrogens is 1. The maximum absolute atomic E-state index is 6.03. The number of nitrogens with two attached hydrogens (primary N) is 1. The van der Waals surface area contributed by atoms with Gasteiger partial charge in [0.25, 0.3) is 0 Å². The van der Waals surface area contributed by atoms with Gasteiger partial charge in [-0.05, 0) is 51.0 Å². The van der Waals surface area contributed by atoms with Crippen LogP contribution in [0.2, 0.25) is 0 Å². The number of hydrazine groups is 1. The van der Waals surface area contributed by atoms with E-state index in [4.69, 9.17) is 5.73 Å². The highest BCUT2D eigenvalue weighted by molar-refractivity contribution is 5.98. The van der Waals surface area contributed by atoms with E-state index in [1.807, 2.05) is 30.5 Å². The molecule has 3 N–H and O–H groups in total. The Kier molecular flexibility index (Phi) is 3.49. The standard InChI is InChI=1S/C16H22N4/c1-11-5-3-6-12(2)20(11)19-15-9-8-14(17)13-7-4-10-18-16(13)15/h4,7-12,19H,3,5-6,17H2,1-2H3. The molecule has 1 aliphatic rings. The molecule has 1 saturated heterocycles. The fraction of sp³-hybridized carbons (Fsp3) is 0.438. The van der Waals surface area contributed by atoms with Gasteiger partial charge in [0.1, 0.15) is 0 Å². The highest BCUT2D eigenvalue weighted by Crippen LogP contribution is 2.29. The van der Waals surface area contributed by atoms with Gasteiger partial charge < -0.3 is 11.2 Å². The maximum Gasteiger partial charge on any atom is 0.0967 e. The number of rotatable bonds is 2. The summed E-state index contributed by atoms with van der Waals surface area (Å²) in [6.07, 6.45) is 5.59. The van der Waals surface area contributed by atoms with Gasteiger partial charge in [-0.2, -0.15) is 0 Å². The minimum Gasteiger partial charge on any atom is -0.398 e. The normalized spacial score (nSPS) is 23.9. The number of nitrogens with zero attached hydrogens (tertiary/aromatic N) is 2. The number of nitrogens with one attached hydrogen (secondary N) is 1. The summed E-state index contributed by atoms with van der Waals surface area (Å²) >= 11 is 0. The summed E-state index contributed by atoms with van der Waals surface area (Å²) in [4.78, 5) is 4.49. The third-order valence-corrected chi connectivity index (χ3v) is 4.25. The number of anilines is 2. The van der Waals surface area contributed by atoms with Crippen molar-refractivity contribution < 1.29 is 0 Å². The number of fused-ring (bicyclic) bond motifs is 1. The van der Waals surface area contributed by atoms with Crippen molar-refractivity contribution in [2.75, 3.05) is 11.2 Å². The highest BCUT2D eigenvalue weighted by atomic mass is 15.5. The van der Waals surface area contributed by atoms with E-state index in [0.717, 1.165) is 22.3 Å². The SMILES string of the molecule is CC1CCCC(C)N1Nc1ccc(N)c2cccnc12. The Morgan fingerprint density at radius 3 is 2.70 bits per heavy atom. The van der Waals surface area contributed by atoms with Crippen LogP contribution in [0, 0.1) is 0 Å². The molecule has 2 heterocycles. The van der Waals surface area contributed by atoms with Crippen LogP contribution in [0.1, 0.15) is 33.1 Å². The van der Waals surface area contributed by atoms with E-state index in [2.05, 4.69) is 29.3 Å². The fourth-order valence-corrected chi connectivity index (χ4v) is 3.07. The molecular formula is C16H22N4. The van der Waals surface area contributed by atoms with Gasteiger partial charge in [0.15, 0.2) is 0 Å². The van der Waals surface area contributed by atoms with Crippen LogP contribution >= 0.6 is 0 Å². The maximum atomic E-state index is 6.03. The lowest BCUT2D eigenvalue weighted by Gasteiger charge is -2.39. The average molecular weight is 270 g/mol. The summed E-state index contributed by atoms with van der Waals surface area (Å²) in [5, 5.41) is 3.36. The highest BCUT2D eigenvalue weighted by Gasteiger charge is 2.25. The third-order valence-electron chi connectivity index (χ3n) is 4.25. The topological polar surface area (TPSA) is 54.2 Å². The lowest BCUT2D eigenvalue weighted by atomic mass is 10.00. The Morgan fingerprint density at radius 1 is 1.20 bits per heavy atom. The van der Waals surface area contributed by atoms with Crippen molar-refractivity contribution >= 4 is 22.3 Å². The Hall–Kier alpha value is -1.81. The second-order valence-corrected chi connectivity index (χ2v) is 5.75. The largest absolute Gasteiger partial charge is 0.398 e. The molecule has 0 spiro atoms. The van der Waals surface area contributed by atoms with Gasteiger partial charge in [-0.15, -0.1) is 0 Å². The van der Waals surface area contributed by atoms with Gasteiger partial charge >= 0.3 is 0 Å². The molecule has 2 unspecified atom stereocenters. The molecule has 0 aliphatic carbocycles. The van der Waals surface area contributed by atoms with Gasteiger partial charge in [0.05, 0.1) is 11.2 Å². The molecule has 1 fully saturated rings. The molecule has 1 aliphatic heterocycles. The van der Waals surface area contributed by atoms with E-state index in [1.54, 1.807) is 0 Å². The minimum atomic E-state index is 0.537. The van der Waals surface area contributed by atoms with E-state index in [1.165, 1.54) is 19.3 Å². The zero-order valence-electron chi connectivity index (χ0n) is 12.1. The number of hydrogen-bond donors (Lipinski definition) is 2. The van der Waals surface area contributed by atoms with Crippen molar-refractivity contribution in [3.8, 4) is 0 Å². The van der Waals surface area contributed by atoms with Gasteiger partial charge in [-0.25, -0.2) is 5.01 Å². The van der Waals surface area contributed by atoms with Crippen molar-refractivity contribution in [3.63, 3.8) is 0 Å². The molecule has 20 heavy (non-hydrogen) atoms. The van der Waals surface area contributed by atoms with Crippen molar-refractivity contribution in [3.05, 3.63) is 30.5 Å². The molecule has 106 valence electrons. The van der Waals surface area contributed by atoms with Gasteiger partial charge in [-0.1, -0.05) is 6.42 Å². The van der Waals surface area contributed by atoms with Crippen LogP contribution in [-0.2, 0) is 0 Å². The van der Waals surface area contributed by atoms with Gasteiger partial charge in [0.2, 0.25) is 0 Å². The smallest absolute Gasteiger partial charge is 0.0967 e. The number of hydrogen-bond acceptors (Lipinski definition) is 4. The number of pyridine rings is 1. The van der Waals surface area contributed by atoms with Crippen LogP contribution in [0.3, 0.4) is 0 Å². The van der Waals surface area contributed by atoms with Crippen molar-refractivity contribution in [2.45, 2.75) is 45.2 Å². The second-order valence-electron chi connectivity index (χ2n) is 5.75. The first-order valence-corrected chi connectivity index (χ1v) is 7.35. The molecule has 4 nitrogen and oxygen atoms in total. The molecular weight excluding hydrogens is 248 g/mol. The number of benzene rings is 1. The quantitative estimate of drug-likeness (QED) is 0.821. The van der Waals surface area contributed by atoms with Crippen molar-refractivity contribution in [2.24, 2.45) is 0 Å². The lowest BCUT2D eigenvalue weighted by molar-refractivity contribution is 0.136. The number of nitrogen functional groups attached to an aromatic ring is 1. The summed E-state index contributed by atoms with van der Waals surface area (Å²) < 4.78 is 0. The molecule has 3 rings (SSSR count). The summed E-state index contributed by atoms with van der Waals surface area (Å²) in [6, 6.07) is 9.00. The third kappa shape index (κ3) is 2.31. The Bertz CT molecular complexity index is 600. The van der Waals surface area contributed by atoms with Crippen molar-refractivity contribution in [1.82, 2.24) is 9.99 Å². The van der Waals surface area contributed by atoms with Crippen LogP contribution in [0.25, 0.3) is 10.9 Å². The molecule has 0 amide bonds. The van der Waals surface area contributed by atoms with Gasteiger partial charge in [-0.3, -0.25) is 4.98 Å². The van der Waals surface area contributed by atoms with E-state index >= 15 is 0 Å². The summed E-state index contributed by atoms with van der Waals surface area (Å²) in [6.45, 7) is 4.55. The Balaban J connectivity index is 1.96. The first kappa shape index (κ1) is 13.2. The molecule has 1 aromatic carbocycles. The van der Waals surface area contributed by atoms with Gasteiger partial charge in [0, 0.05) is 29.4 Å². The van der Waals surface area contributed by atoms with Crippen LogP contribution in [0.15, 0.2) is 30.5 Å². The molecule has 1 aromatic heterocycles. The summed E-state index contributed by atoms with van der Waals surface area (Å²) in [7, 11) is 0. The second kappa shape index (κ2) is 5.29. The minimum absolute atomic E-state index is 0.537. The average Bonchev–Trinajstić information content (AvgIpc) is 2.46. The predicted octanol–water partition coefficient (Wildman–Crippen LogP) is 3.41. The van der Waals surface area contributed by atoms with Crippen LogP contribution < -0.4 is 11.2 Å². The van der Waals surface area contributed by atoms with E-state index in [-0.39, 0.29) is 0 Å². The van der Waals surface area contributed by atoms with Crippen LogP contribution in [0.4, 0.5) is 11.4 Å². The lowest BCUT2D eigenvalue weighted by Crippen LogP contribution is -2.47. The first-order chi connectivity index (χ1) is 9.66. The molecule has 2 aromatic rings. The van der Waals surface area contributed by atoms with Crippen LogP contribution in [-0.4, -0.2) is 22.1 Å². The fourth-order valence-electron chi connectivity index (χ4n) is 3.07. The van der Waals surface area contributed by atoms with E-state index in [0.29, 0.717) is 12.1 Å². The molecule has 2 atom stereocenters. The Labute approximate surface area is 120 Å². The van der Waals surface area contributed by atoms with E-state index < -0.39 is 0 Å². The monoisotopic (exact) mass is 270 g/mol. The first-order valence-electron chi connectivity index (χ1n) is 7.35. The summed E-state index contributed by atoms with van der Waals surface area (Å²) in [5.74, 6) is 0. The zero-order chi connectivity index (χ0) is 14.1. The molecule has 4 heteroatoms.